The molecule has 0 nitrogen and oxygen atoms in total. The van der Waals surface area contributed by atoms with Crippen LogP contribution >= 0.6 is 0 Å². The number of aryl methyl sites for hydroxylation is 1. The third-order valence-corrected chi connectivity index (χ3v) is 2.14. The molecule has 1 aromatic rings. The molecule has 0 unspecified atom stereocenters. The molecule has 0 bridgehead atoms. The van der Waals surface area contributed by atoms with Crippen molar-refractivity contribution in [1.29, 1.82) is 0 Å². The van der Waals surface area contributed by atoms with Crippen LogP contribution in [0.25, 0.3) is 0 Å². The van der Waals surface area contributed by atoms with Crippen molar-refractivity contribution in [3.05, 3.63) is 35.9 Å². The lowest BCUT2D eigenvalue weighted by Crippen LogP contribution is -2.19. The lowest BCUT2D eigenvalue weighted by Gasteiger charge is -2.22. The van der Waals surface area contributed by atoms with Gasteiger partial charge in [0.15, 0.2) is 0 Å². The molecule has 0 spiro atoms. The Morgan fingerprint density at radius 2 is 1.58 bits per heavy atom. The summed E-state index contributed by atoms with van der Waals surface area (Å²) in [7, 11) is 0. The van der Waals surface area contributed by atoms with E-state index in [0.29, 0.717) is 0 Å². The summed E-state index contributed by atoms with van der Waals surface area (Å²) in [5.74, 6) is 0. The van der Waals surface area contributed by atoms with E-state index in [2.05, 4.69) is 50.8 Å². The Bertz CT molecular complexity index is 221. The van der Waals surface area contributed by atoms with Crippen molar-refractivity contribution in [2.24, 2.45) is 0 Å². The highest BCUT2D eigenvalue weighted by molar-refractivity contribution is 6.76. The molecule has 0 fully saturated rings. The normalized spacial score (nSPS) is 11.6. The van der Waals surface area contributed by atoms with E-state index in [-0.39, 0.29) is 6.15 Å². The first kappa shape index (κ1) is 9.37. The van der Waals surface area contributed by atoms with Gasteiger partial charge in [-0.2, -0.15) is 26.8 Å². The standard InChI is InChI=1S/C11H18B/c1-12(2,3)10-9-11-7-5-4-6-8-11/h4-8H,9-10H2,1-3H3/q-1. The molecule has 66 valence electrons. The van der Waals surface area contributed by atoms with Gasteiger partial charge in [0.05, 0.1) is 0 Å². The van der Waals surface area contributed by atoms with Gasteiger partial charge in [0.25, 0.3) is 0 Å². The third kappa shape index (κ3) is 3.61. The molecule has 0 atom stereocenters. The number of benzene rings is 1. The van der Waals surface area contributed by atoms with Crippen molar-refractivity contribution in [1.82, 2.24) is 0 Å². The van der Waals surface area contributed by atoms with Gasteiger partial charge in [-0.25, -0.2) is 0 Å². The van der Waals surface area contributed by atoms with Gasteiger partial charge in [0.1, 0.15) is 0 Å². The Morgan fingerprint density at radius 1 is 1.00 bits per heavy atom. The summed E-state index contributed by atoms with van der Waals surface area (Å²) in [6.45, 7) is 7.05. The quantitative estimate of drug-likeness (QED) is 0.594. The van der Waals surface area contributed by atoms with E-state index in [0.717, 1.165) is 0 Å². The van der Waals surface area contributed by atoms with E-state index >= 15 is 0 Å². The second kappa shape index (κ2) is 3.80. The minimum Gasteiger partial charge on any atom is -0.190 e. The Morgan fingerprint density at radius 3 is 2.08 bits per heavy atom. The summed E-state index contributed by atoms with van der Waals surface area (Å²) in [6.07, 6.45) is 2.42. The van der Waals surface area contributed by atoms with Crippen molar-refractivity contribution in [2.45, 2.75) is 33.2 Å². The Labute approximate surface area is 75.9 Å². The van der Waals surface area contributed by atoms with E-state index < -0.39 is 0 Å². The first-order valence-electron chi connectivity index (χ1n) is 4.90. The highest BCUT2D eigenvalue weighted by Crippen LogP contribution is 2.12. The van der Waals surface area contributed by atoms with Gasteiger partial charge in [-0.1, -0.05) is 42.3 Å². The van der Waals surface area contributed by atoms with Gasteiger partial charge < -0.3 is 0 Å². The minimum atomic E-state index is -0.128. The van der Waals surface area contributed by atoms with Crippen LogP contribution in [0.15, 0.2) is 30.3 Å². The maximum Gasteiger partial charge on any atom is -0.00811 e. The molecule has 1 heteroatoms. The molecule has 0 aromatic heterocycles. The highest BCUT2D eigenvalue weighted by Gasteiger charge is 2.04. The lowest BCUT2D eigenvalue weighted by molar-refractivity contribution is 1.09. The van der Waals surface area contributed by atoms with Crippen molar-refractivity contribution in [2.75, 3.05) is 0 Å². The summed E-state index contributed by atoms with van der Waals surface area (Å²) in [5, 5.41) is 0. The smallest absolute Gasteiger partial charge is 0.00811 e. The zero-order valence-electron chi connectivity index (χ0n) is 8.38. The molecule has 12 heavy (non-hydrogen) atoms. The van der Waals surface area contributed by atoms with Crippen LogP contribution in [-0.2, 0) is 6.42 Å². The molecule has 1 rings (SSSR count). The van der Waals surface area contributed by atoms with Crippen LogP contribution in [0.4, 0.5) is 0 Å². The van der Waals surface area contributed by atoms with Crippen molar-refractivity contribution in [3.63, 3.8) is 0 Å². The summed E-state index contributed by atoms with van der Waals surface area (Å²) >= 11 is 0. The monoisotopic (exact) mass is 161 g/mol. The van der Waals surface area contributed by atoms with Gasteiger partial charge in [0.2, 0.25) is 0 Å². The maximum atomic E-state index is 2.35. The van der Waals surface area contributed by atoms with Crippen LogP contribution in [0.1, 0.15) is 5.56 Å². The van der Waals surface area contributed by atoms with E-state index in [1.54, 1.807) is 0 Å². The van der Waals surface area contributed by atoms with Crippen LogP contribution in [0.5, 0.6) is 0 Å². The lowest BCUT2D eigenvalue weighted by atomic mass is 9.28. The third-order valence-electron chi connectivity index (χ3n) is 2.14. The van der Waals surface area contributed by atoms with Gasteiger partial charge in [0, 0.05) is 0 Å². The Kier molecular flexibility index (Phi) is 2.96. The summed E-state index contributed by atoms with van der Waals surface area (Å²) in [5.41, 5.74) is 1.47. The van der Waals surface area contributed by atoms with E-state index in [4.69, 9.17) is 0 Å². The highest BCUT2D eigenvalue weighted by atomic mass is 13.9. The molecule has 0 N–H and O–H groups in total. The van der Waals surface area contributed by atoms with Crippen molar-refractivity contribution < 1.29 is 0 Å². The molecule has 1 aromatic carbocycles. The molecule has 0 aliphatic carbocycles. The maximum absolute atomic E-state index is 2.35. The average Bonchev–Trinajstić information content (AvgIpc) is 2.02. The number of rotatable bonds is 3. The van der Waals surface area contributed by atoms with Crippen LogP contribution in [0.2, 0.25) is 26.8 Å². The average molecular weight is 161 g/mol. The van der Waals surface area contributed by atoms with Gasteiger partial charge in [-0.15, -0.1) is 0 Å². The Balaban J connectivity index is 2.44. The molecule has 0 radical (unpaired) electrons. The first-order chi connectivity index (χ1) is 5.58. The van der Waals surface area contributed by atoms with Gasteiger partial charge in [-0.3, -0.25) is 0 Å². The molecule has 0 saturated carbocycles. The van der Waals surface area contributed by atoms with E-state index in [1.807, 2.05) is 0 Å². The molecule has 0 amide bonds. The van der Waals surface area contributed by atoms with Gasteiger partial charge >= 0.3 is 0 Å². The predicted molar refractivity (Wildman–Crippen MR) is 58.3 cm³/mol. The fourth-order valence-electron chi connectivity index (χ4n) is 1.24. The molecule has 0 aliphatic heterocycles. The van der Waals surface area contributed by atoms with Crippen LogP contribution < -0.4 is 0 Å². The van der Waals surface area contributed by atoms with Crippen molar-refractivity contribution in [3.8, 4) is 0 Å². The molecular formula is C11H18B-. The molecule has 0 saturated heterocycles. The minimum absolute atomic E-state index is 0.128. The fourth-order valence-corrected chi connectivity index (χ4v) is 1.24. The van der Waals surface area contributed by atoms with Crippen LogP contribution in [0.3, 0.4) is 0 Å². The first-order valence-corrected chi connectivity index (χ1v) is 4.90. The van der Waals surface area contributed by atoms with Gasteiger partial charge in [-0.05, 0) is 6.15 Å². The second-order valence-electron chi connectivity index (χ2n) is 4.98. The van der Waals surface area contributed by atoms with Crippen molar-refractivity contribution >= 4 is 6.15 Å². The SMILES string of the molecule is C[B-](C)(C)CCc1ccccc1. The zero-order valence-corrected chi connectivity index (χ0v) is 8.38. The van der Waals surface area contributed by atoms with Crippen LogP contribution in [-0.4, -0.2) is 6.15 Å². The summed E-state index contributed by atoms with van der Waals surface area (Å²) in [4.78, 5) is 0. The van der Waals surface area contributed by atoms with Crippen LogP contribution in [0, 0.1) is 0 Å². The van der Waals surface area contributed by atoms with E-state index in [1.165, 1.54) is 18.3 Å². The molecule has 0 heterocycles. The largest absolute Gasteiger partial charge is 0.190 e. The molecule has 0 aliphatic rings. The predicted octanol–water partition coefficient (Wildman–Crippen LogP) is 3.57. The zero-order chi connectivity index (χ0) is 9.03. The number of hydrogen-bond acceptors (Lipinski definition) is 0. The Hall–Kier alpha value is -0.715. The summed E-state index contributed by atoms with van der Waals surface area (Å²) in [6, 6.07) is 10.7. The number of hydrogen-bond donors (Lipinski definition) is 0. The fraction of sp³-hybridized carbons (Fsp3) is 0.455. The topological polar surface area (TPSA) is 0 Å². The second-order valence-corrected chi connectivity index (χ2v) is 4.98. The van der Waals surface area contributed by atoms with E-state index in [9.17, 15) is 0 Å². The molecular weight excluding hydrogens is 143 g/mol. The summed E-state index contributed by atoms with van der Waals surface area (Å²) < 4.78 is 0.